The zero-order chi connectivity index (χ0) is 15.6. The van der Waals surface area contributed by atoms with Gasteiger partial charge in [0, 0.05) is 11.8 Å². The van der Waals surface area contributed by atoms with Crippen LogP contribution in [0.15, 0.2) is 15.8 Å². The first-order valence-corrected chi connectivity index (χ1v) is 6.43. The Morgan fingerprint density at radius 3 is 2.86 bits per heavy atom. The van der Waals surface area contributed by atoms with Crippen LogP contribution in [-0.4, -0.2) is 58.0 Å². The van der Waals surface area contributed by atoms with Gasteiger partial charge in [-0.1, -0.05) is 0 Å². The second-order valence-electron chi connectivity index (χ2n) is 4.74. The number of aliphatic hydroxyl groups is 2. The molecule has 1 saturated heterocycles. The van der Waals surface area contributed by atoms with Crippen LogP contribution >= 0.6 is 0 Å². The van der Waals surface area contributed by atoms with Crippen LogP contribution < -0.4 is 11.2 Å². The molecule has 1 aliphatic heterocycles. The SMILES string of the molecule is Cc1cn([C@@H]2O[C@H](CO)[C@@H](O)[C@@H]2OCC[18F])c(=O)[nH]c1=O. The minimum Gasteiger partial charge on any atom is -0.394 e. The molecule has 8 nitrogen and oxygen atoms in total. The van der Waals surface area contributed by atoms with Crippen molar-refractivity contribution in [3.63, 3.8) is 0 Å². The van der Waals surface area contributed by atoms with Gasteiger partial charge in [-0.25, -0.2) is 9.18 Å². The molecule has 9 heteroatoms. The quantitative estimate of drug-likeness (QED) is 0.607. The highest BCUT2D eigenvalue weighted by atomic mass is 18.2. The molecule has 0 aliphatic carbocycles. The van der Waals surface area contributed by atoms with E-state index in [1.54, 1.807) is 0 Å². The van der Waals surface area contributed by atoms with Crippen molar-refractivity contribution in [2.75, 3.05) is 19.9 Å². The van der Waals surface area contributed by atoms with E-state index in [4.69, 9.17) is 14.6 Å². The molecule has 0 unspecified atom stereocenters. The van der Waals surface area contributed by atoms with Gasteiger partial charge >= 0.3 is 5.69 Å². The second kappa shape index (κ2) is 6.48. The minimum atomic E-state index is -1.22. The van der Waals surface area contributed by atoms with Gasteiger partial charge in [-0.15, -0.1) is 0 Å². The summed E-state index contributed by atoms with van der Waals surface area (Å²) < 4.78 is 23.9. The first-order chi connectivity index (χ1) is 9.99. The number of alkyl halides is 1. The molecule has 2 rings (SSSR count). The summed E-state index contributed by atoms with van der Waals surface area (Å²) in [6.07, 6.45) is -3.00. The molecule has 1 aliphatic rings. The first kappa shape index (κ1) is 15.8. The van der Waals surface area contributed by atoms with Crippen LogP contribution in [0.3, 0.4) is 0 Å². The van der Waals surface area contributed by atoms with Gasteiger partial charge in [0.05, 0.1) is 13.2 Å². The van der Waals surface area contributed by atoms with E-state index >= 15 is 0 Å². The van der Waals surface area contributed by atoms with Gasteiger partial charge in [0.1, 0.15) is 25.0 Å². The highest BCUT2D eigenvalue weighted by Crippen LogP contribution is 2.30. The van der Waals surface area contributed by atoms with E-state index in [0.717, 1.165) is 4.57 Å². The molecule has 3 N–H and O–H groups in total. The molecule has 1 fully saturated rings. The Morgan fingerprint density at radius 2 is 2.24 bits per heavy atom. The standard InChI is InChI=1S/C12H17FN2O6/c1-6-4-15(12(19)14-10(6)18)11-9(20-3-2-13)8(17)7(5-16)21-11/h4,7-9,11,16-17H,2-3,5H2,1H3,(H,14,18,19)/t7-,8-,9+,11-/m1/s1/i13-1. The van der Waals surface area contributed by atoms with Crippen molar-refractivity contribution >= 4 is 0 Å². The van der Waals surface area contributed by atoms with Crippen LogP contribution in [0.25, 0.3) is 0 Å². The molecular formula is C12H17FN2O6. The molecule has 21 heavy (non-hydrogen) atoms. The number of nitrogens with one attached hydrogen (secondary N) is 1. The average molecular weight is 303 g/mol. The second-order valence-corrected chi connectivity index (χ2v) is 4.74. The number of rotatable bonds is 5. The summed E-state index contributed by atoms with van der Waals surface area (Å²) in [6, 6.07) is 0. The minimum absolute atomic E-state index is 0.268. The van der Waals surface area contributed by atoms with E-state index in [-0.39, 0.29) is 12.2 Å². The zero-order valence-electron chi connectivity index (χ0n) is 11.4. The van der Waals surface area contributed by atoms with Crippen molar-refractivity contribution in [3.8, 4) is 0 Å². The maximum Gasteiger partial charge on any atom is 0.330 e. The number of nitrogens with zero attached hydrogens (tertiary/aromatic N) is 1. The molecule has 0 radical (unpaired) electrons. The van der Waals surface area contributed by atoms with E-state index in [1.165, 1.54) is 13.1 Å². The third-order valence-corrected chi connectivity index (χ3v) is 3.30. The number of H-pyrrole nitrogens is 1. The fourth-order valence-corrected chi connectivity index (χ4v) is 2.23. The smallest absolute Gasteiger partial charge is 0.330 e. The van der Waals surface area contributed by atoms with E-state index in [2.05, 4.69) is 4.98 Å². The number of aromatic amines is 1. The van der Waals surface area contributed by atoms with Crippen molar-refractivity contribution in [3.05, 3.63) is 32.6 Å². The number of ether oxygens (including phenoxy) is 2. The Bertz CT molecular complexity index is 600. The number of hydrogen-bond donors (Lipinski definition) is 3. The third kappa shape index (κ3) is 3.05. The summed E-state index contributed by atoms with van der Waals surface area (Å²) in [5.41, 5.74) is -1.01. The van der Waals surface area contributed by atoms with Crippen LogP contribution in [0.5, 0.6) is 0 Å². The molecule has 1 aromatic rings. The Labute approximate surface area is 118 Å². The molecule has 0 saturated carbocycles. The summed E-state index contributed by atoms with van der Waals surface area (Å²) in [5.74, 6) is 0. The first-order valence-electron chi connectivity index (χ1n) is 6.43. The molecule has 0 bridgehead atoms. The number of halogens is 1. The van der Waals surface area contributed by atoms with E-state index in [9.17, 15) is 19.1 Å². The average Bonchev–Trinajstić information content (AvgIpc) is 2.77. The Kier molecular flexibility index (Phi) is 4.88. The molecule has 118 valence electrons. The molecular weight excluding hydrogens is 286 g/mol. The molecule has 0 amide bonds. The lowest BCUT2D eigenvalue weighted by atomic mass is 10.1. The summed E-state index contributed by atoms with van der Waals surface area (Å²) in [6.45, 7) is -0.0263. The Balaban J connectivity index is 2.37. The summed E-state index contributed by atoms with van der Waals surface area (Å²) in [5, 5.41) is 19.2. The number of aliphatic hydroxyl groups excluding tert-OH is 2. The summed E-state index contributed by atoms with van der Waals surface area (Å²) in [7, 11) is 0. The van der Waals surface area contributed by atoms with Crippen LogP contribution in [0.4, 0.5) is 4.39 Å². The van der Waals surface area contributed by atoms with Gasteiger partial charge < -0.3 is 19.7 Å². The lowest BCUT2D eigenvalue weighted by Gasteiger charge is -2.22. The van der Waals surface area contributed by atoms with Crippen molar-refractivity contribution in [2.45, 2.75) is 31.5 Å². The summed E-state index contributed by atoms with van der Waals surface area (Å²) in [4.78, 5) is 25.3. The largest absolute Gasteiger partial charge is 0.394 e. The number of aromatic nitrogens is 2. The molecule has 1 aromatic heterocycles. The zero-order valence-corrected chi connectivity index (χ0v) is 11.4. The lowest BCUT2D eigenvalue weighted by Crippen LogP contribution is -2.40. The monoisotopic (exact) mass is 303 g/mol. The predicted molar refractivity (Wildman–Crippen MR) is 68.8 cm³/mol. The fourth-order valence-electron chi connectivity index (χ4n) is 2.23. The highest BCUT2D eigenvalue weighted by Gasteiger charge is 2.45. The van der Waals surface area contributed by atoms with Gasteiger partial charge in [-0.2, -0.15) is 0 Å². The van der Waals surface area contributed by atoms with Gasteiger partial charge in [0.25, 0.3) is 5.56 Å². The van der Waals surface area contributed by atoms with Crippen LogP contribution in [-0.2, 0) is 9.47 Å². The van der Waals surface area contributed by atoms with Gasteiger partial charge in [0.2, 0.25) is 0 Å². The normalized spacial score (nSPS) is 29.0. The maximum atomic E-state index is 12.3. The van der Waals surface area contributed by atoms with E-state index in [0.29, 0.717) is 0 Å². The van der Waals surface area contributed by atoms with Crippen LogP contribution in [0.1, 0.15) is 11.8 Å². The van der Waals surface area contributed by atoms with Crippen molar-refractivity contribution in [1.29, 1.82) is 0 Å². The number of aryl methyl sites for hydroxylation is 1. The number of hydrogen-bond acceptors (Lipinski definition) is 6. The van der Waals surface area contributed by atoms with Gasteiger partial charge in [0.15, 0.2) is 6.23 Å². The summed E-state index contributed by atoms with van der Waals surface area (Å²) >= 11 is 0. The van der Waals surface area contributed by atoms with Crippen LogP contribution in [0.2, 0.25) is 0 Å². The van der Waals surface area contributed by atoms with E-state index in [1.807, 2.05) is 0 Å². The molecule has 0 spiro atoms. The fraction of sp³-hybridized carbons (Fsp3) is 0.667. The highest BCUT2D eigenvalue weighted by molar-refractivity contribution is 5.03. The Hall–Kier alpha value is -1.55. The van der Waals surface area contributed by atoms with Crippen molar-refractivity contribution in [1.82, 2.24) is 9.55 Å². The van der Waals surface area contributed by atoms with Crippen LogP contribution in [0, 0.1) is 6.92 Å². The third-order valence-electron chi connectivity index (χ3n) is 3.30. The van der Waals surface area contributed by atoms with Gasteiger partial charge in [-0.3, -0.25) is 14.3 Å². The van der Waals surface area contributed by atoms with Gasteiger partial charge in [-0.05, 0) is 6.92 Å². The molecule has 0 aromatic carbocycles. The predicted octanol–water partition coefficient (Wildman–Crippen LogP) is -1.55. The topological polar surface area (TPSA) is 114 Å². The van der Waals surface area contributed by atoms with E-state index < -0.39 is 49.1 Å². The molecule has 4 atom stereocenters. The Morgan fingerprint density at radius 1 is 1.52 bits per heavy atom. The van der Waals surface area contributed by atoms with Crippen molar-refractivity contribution < 1.29 is 24.1 Å². The molecule has 2 heterocycles. The van der Waals surface area contributed by atoms with Crippen molar-refractivity contribution in [2.24, 2.45) is 0 Å². The lowest BCUT2D eigenvalue weighted by molar-refractivity contribution is -0.0762. The maximum absolute atomic E-state index is 12.3.